The van der Waals surface area contributed by atoms with Crippen molar-refractivity contribution >= 4 is 96.9 Å². The smallest absolute Gasteiger partial charge is 0.407 e. The van der Waals surface area contributed by atoms with Crippen molar-refractivity contribution in [1.82, 2.24) is 41.0 Å². The lowest BCUT2D eigenvalue weighted by Gasteiger charge is -2.23. The molecule has 5 rings (SSSR count). The summed E-state index contributed by atoms with van der Waals surface area (Å²) in [5.41, 5.74) is 11.5. The van der Waals surface area contributed by atoms with Gasteiger partial charge in [0.15, 0.2) is 23.0 Å². The molecule has 5 amide bonds. The maximum atomic E-state index is 12.9. The number of hydrogen-bond donors (Lipinski definition) is 8. The monoisotopic (exact) mass is 1230 g/mol. The number of halogens is 1. The number of alkyl carbamates (subject to hydrolysis) is 1. The largest absolute Gasteiger partial charge is 0.496 e. The lowest BCUT2D eigenvalue weighted by Crippen LogP contribution is -2.43. The average Bonchev–Trinajstić information content (AvgIpc) is 4.36. The number of nitrogens with zero attached hydrogens (tertiary/aromatic N) is 6. The number of primary amides is 1. The summed E-state index contributed by atoms with van der Waals surface area (Å²) >= 11 is 6.10. The summed E-state index contributed by atoms with van der Waals surface area (Å²) in [5, 5.41) is 27.5. The molecule has 3 aromatic rings. The van der Waals surface area contributed by atoms with Crippen molar-refractivity contribution in [3.05, 3.63) is 66.3 Å². The summed E-state index contributed by atoms with van der Waals surface area (Å²) in [4.78, 5) is 95.8. The number of Topliss-reactive ketones (excluding diaryl/α,β-unsaturated/α-hetero) is 1. The number of ketones is 1. The maximum Gasteiger partial charge on any atom is 0.407 e. The first-order chi connectivity index (χ1) is 40.0. The van der Waals surface area contributed by atoms with Gasteiger partial charge in [-0.15, -0.1) is 0 Å². The number of thioether (sulfide) groups is 1. The first kappa shape index (κ1) is 77.1. The first-order valence-electron chi connectivity index (χ1n) is 27.1. The van der Waals surface area contributed by atoms with Crippen LogP contribution in [0.2, 0.25) is 0 Å². The normalized spacial score (nSPS) is 14.4. The van der Waals surface area contributed by atoms with E-state index in [1.807, 2.05) is 77.5 Å². The first-order valence-corrected chi connectivity index (χ1v) is 29.9. The van der Waals surface area contributed by atoms with Gasteiger partial charge >= 0.3 is 6.09 Å². The number of anilines is 2. The van der Waals surface area contributed by atoms with Crippen LogP contribution < -0.4 is 42.2 Å². The Morgan fingerprint density at radius 3 is 2.15 bits per heavy atom. The van der Waals surface area contributed by atoms with E-state index in [0.717, 1.165) is 69.0 Å². The van der Waals surface area contributed by atoms with E-state index in [1.54, 1.807) is 18.9 Å². The molecule has 9 N–H and O–H groups in total. The second-order valence-corrected chi connectivity index (χ2v) is 21.8. The van der Waals surface area contributed by atoms with Crippen LogP contribution in [0.1, 0.15) is 105 Å². The molecule has 466 valence electrons. The second kappa shape index (κ2) is 44.6. The number of aldehydes is 2. The molecule has 0 saturated heterocycles. The topological polar surface area (TPSA) is 346 Å². The maximum absolute atomic E-state index is 12.9. The van der Waals surface area contributed by atoms with Crippen LogP contribution in [0.25, 0.3) is 11.3 Å². The van der Waals surface area contributed by atoms with Crippen molar-refractivity contribution in [1.29, 1.82) is 5.26 Å². The third-order valence-electron chi connectivity index (χ3n) is 11.5. The number of aromatic amines is 1. The van der Waals surface area contributed by atoms with Crippen molar-refractivity contribution in [3.63, 3.8) is 0 Å². The van der Waals surface area contributed by atoms with Crippen molar-refractivity contribution in [2.24, 2.45) is 17.4 Å². The van der Waals surface area contributed by atoms with Crippen molar-refractivity contribution in [2.75, 3.05) is 78.4 Å². The number of nitrogens with two attached hydrogens (primary N) is 2. The fraction of sp³-hybridized carbons (Fsp3) is 0.536. The van der Waals surface area contributed by atoms with Crippen LogP contribution in [-0.2, 0) is 38.3 Å². The fourth-order valence-electron chi connectivity index (χ4n) is 7.52. The van der Waals surface area contributed by atoms with E-state index in [0.29, 0.717) is 84.5 Å². The zero-order valence-corrected chi connectivity index (χ0v) is 52.5. The minimum absolute atomic E-state index is 0.0429. The predicted octanol–water partition coefficient (Wildman–Crippen LogP) is 6.72. The molecule has 2 aliphatic rings. The molecular weight excluding hydrogens is 1150 g/mol. The number of nitriles is 1. The SMILES string of the molecule is CC(C)(C)OC(=O)NCCCCCN.CNC(C(=O)C(CCCOc1cccc(OC)c1-c1cc(Nc2cnc(C#N)cn2)n[nH]1)SC)C(C)C.CSF.C[N+]1(S)CCC=C1C=O.NC=O.O=CCNC(=O)CCCCCN1C(=O)C=CC1=O. The number of carbonyl (C=O) groups is 8. The Labute approximate surface area is 507 Å². The lowest BCUT2D eigenvalue weighted by molar-refractivity contribution is -0.714. The number of thiol groups is 1. The number of likely N-dealkylation sites (N-methyl/N-ethyl adjacent to an activating group) is 2. The number of hydrogen-bond acceptors (Lipinski definition) is 21. The Kier molecular flexibility index (Phi) is 40.9. The number of nitrogens with one attached hydrogen (secondary N) is 5. The van der Waals surface area contributed by atoms with Gasteiger partial charge in [-0.25, -0.2) is 18.7 Å². The molecule has 2 aliphatic heterocycles. The van der Waals surface area contributed by atoms with Crippen LogP contribution in [-0.4, -0.2) is 167 Å². The number of methoxy groups -OCH3 is 1. The number of rotatable bonds is 28. The van der Waals surface area contributed by atoms with E-state index < -0.39 is 5.60 Å². The summed E-state index contributed by atoms with van der Waals surface area (Å²) in [7, 11) is 5.35. The molecule has 84 heavy (non-hydrogen) atoms. The third-order valence-corrected chi connectivity index (χ3v) is 13.0. The summed E-state index contributed by atoms with van der Waals surface area (Å²) in [6, 6.07) is 9.21. The minimum Gasteiger partial charge on any atom is -0.496 e. The summed E-state index contributed by atoms with van der Waals surface area (Å²) in [6.07, 6.45) is 20.0. The number of amides is 5. The van der Waals surface area contributed by atoms with Gasteiger partial charge in [-0.2, -0.15) is 26.0 Å². The lowest BCUT2D eigenvalue weighted by atomic mass is 9.96. The molecule has 28 heteroatoms. The molecule has 24 nitrogen and oxygen atoms in total. The molecule has 4 heterocycles. The van der Waals surface area contributed by atoms with Gasteiger partial charge in [-0.1, -0.05) is 32.8 Å². The number of imide groups is 1. The third kappa shape index (κ3) is 32.2. The van der Waals surface area contributed by atoms with Crippen LogP contribution in [0.3, 0.4) is 0 Å². The Morgan fingerprint density at radius 2 is 1.64 bits per heavy atom. The zero-order chi connectivity index (χ0) is 63.5. The number of allylic oxidation sites excluding steroid dienone is 1. The molecule has 0 radical (unpaired) electrons. The summed E-state index contributed by atoms with van der Waals surface area (Å²) in [6.45, 7) is 12.8. The van der Waals surface area contributed by atoms with Crippen LogP contribution in [0.15, 0.2) is 60.6 Å². The molecule has 3 unspecified atom stereocenters. The van der Waals surface area contributed by atoms with Gasteiger partial charge in [0.25, 0.3) is 11.8 Å². The van der Waals surface area contributed by atoms with E-state index in [9.17, 15) is 37.4 Å². The van der Waals surface area contributed by atoms with Crippen LogP contribution >= 0.6 is 36.7 Å². The predicted molar refractivity (Wildman–Crippen MR) is 330 cm³/mol. The fourth-order valence-corrected chi connectivity index (χ4v) is 8.55. The Bertz CT molecular complexity index is 2540. The van der Waals surface area contributed by atoms with Crippen LogP contribution in [0.4, 0.5) is 20.3 Å². The van der Waals surface area contributed by atoms with E-state index >= 15 is 0 Å². The van der Waals surface area contributed by atoms with E-state index in [1.165, 1.54) is 35.7 Å². The number of benzene rings is 1. The number of unbranched alkanes of at least 4 members (excludes halogenated alkanes) is 4. The number of aromatic nitrogens is 4. The standard InChI is InChI=1S/C26H33N7O3S.C12H16N2O4.C10H22N2O2.C6H10NOS.CH3FS.CH3NO/c1-16(2)25(28-3)26(34)21(37-5)10-7-11-36-20-9-6-8-19(35-4)24(20)18-12-22(33-32-18)31-23-15-29-17(13-27)14-30-23;15-9-7-13-10(16)4-2-1-3-8-14-11(17)5-6-12(14)18;1-10(2,3)14-9(13)12-8-6-4-5-7-11;1-7(9)4-2-3-6(7)5-8;1-3-2;2-1-3/h6,8-9,12,14-16,21,25,28H,7,10-11H2,1-5H3,(H2,30,31,32,33);5-6,9H,1-4,7-8H2,(H,13,16);4-8,11H2,1-3H3,(H,12,13);3,5,9H,2,4H2,1H3;1H3;1H,(H2,2,3)/q;;;+1;;. The van der Waals surface area contributed by atoms with Gasteiger partial charge in [-0.3, -0.25) is 38.8 Å². The van der Waals surface area contributed by atoms with Crippen LogP contribution in [0.5, 0.6) is 11.5 Å². The van der Waals surface area contributed by atoms with E-state index in [-0.39, 0.29) is 77.6 Å². The molecule has 2 aromatic heterocycles. The van der Waals surface area contributed by atoms with Gasteiger partial charge in [0.05, 0.1) is 81.6 Å². The van der Waals surface area contributed by atoms with Crippen molar-refractivity contribution < 1.29 is 60.3 Å². The highest BCUT2D eigenvalue weighted by Gasteiger charge is 2.29. The minimum atomic E-state index is -0.415. The second-order valence-electron chi connectivity index (χ2n) is 19.6. The number of H-pyrrole nitrogens is 1. The zero-order valence-electron chi connectivity index (χ0n) is 49.9. The Hall–Kier alpha value is -6.90. The molecule has 0 saturated carbocycles. The van der Waals surface area contributed by atoms with Crippen molar-refractivity contribution in [2.45, 2.75) is 116 Å². The molecule has 0 aliphatic carbocycles. The molecule has 0 spiro atoms. The van der Waals surface area contributed by atoms with Gasteiger partial charge in [0.2, 0.25) is 18.6 Å². The van der Waals surface area contributed by atoms with E-state index in [4.69, 9.17) is 30.0 Å². The number of ether oxygens (including phenoxy) is 3. The van der Waals surface area contributed by atoms with Crippen molar-refractivity contribution in [3.8, 4) is 28.8 Å². The molecule has 0 fully saturated rings. The van der Waals surface area contributed by atoms with Gasteiger partial charge in [0.1, 0.15) is 35.3 Å². The molecule has 3 atom stereocenters. The highest BCUT2D eigenvalue weighted by Crippen LogP contribution is 2.38. The summed E-state index contributed by atoms with van der Waals surface area (Å²) < 4.78 is 27.5. The molecule has 0 bridgehead atoms. The highest BCUT2D eigenvalue weighted by molar-refractivity contribution is 7.99. The van der Waals surface area contributed by atoms with Gasteiger partial charge in [0, 0.05) is 62.6 Å². The average molecular weight is 1230 g/mol. The Morgan fingerprint density at radius 1 is 0.988 bits per heavy atom. The quantitative estimate of drug-likeness (QED) is 0.0123. The Balaban J connectivity index is 0.00000121. The van der Waals surface area contributed by atoms with E-state index in [2.05, 4.69) is 73.8 Å². The number of quaternary nitrogens is 1. The van der Waals surface area contributed by atoms with Gasteiger partial charge in [-0.05, 0) is 103 Å². The molecule has 1 aromatic carbocycles. The summed E-state index contributed by atoms with van der Waals surface area (Å²) in [5.74, 6) is 2.04. The highest BCUT2D eigenvalue weighted by atomic mass is 32.2. The number of carbonyl (C=O) groups excluding carboxylic acids is 8. The van der Waals surface area contributed by atoms with Gasteiger partial charge < -0.3 is 51.7 Å². The van der Waals surface area contributed by atoms with Crippen LogP contribution in [0, 0.1) is 17.2 Å². The molecular formula is C56H87FN13O11S3+.